The van der Waals surface area contributed by atoms with Crippen LogP contribution in [0.4, 0.5) is 0 Å². The van der Waals surface area contributed by atoms with Crippen molar-refractivity contribution < 1.29 is 36.5 Å². The molecule has 1 unspecified atom stereocenters. The van der Waals surface area contributed by atoms with E-state index in [0.29, 0.717) is 13.0 Å². The summed E-state index contributed by atoms with van der Waals surface area (Å²) in [5.41, 5.74) is 1.84. The Balaban J connectivity index is 2.17. The largest absolute Gasteiger partial charge is 0.705 e. The Kier molecular flexibility index (Phi) is 7.61. The third-order valence-corrected chi connectivity index (χ3v) is 9.78. The Hall–Kier alpha value is -2.18. The number of aryl methyl sites for hydroxylation is 1. The maximum Gasteiger partial charge on any atom is 0.705 e. The van der Waals surface area contributed by atoms with E-state index in [0.717, 1.165) is 29.3 Å². The van der Waals surface area contributed by atoms with Crippen molar-refractivity contribution in [3.63, 3.8) is 0 Å². The first-order chi connectivity index (χ1) is 13.6. The SMILES string of the molecule is CCC[Si]1(C)OCc2cc(CC[Si](OC(C)=O)(OC(C)=O)OC(C)=O)ccc2O1. The Morgan fingerprint density at radius 3 is 2.17 bits per heavy atom. The van der Waals surface area contributed by atoms with Gasteiger partial charge in [0.1, 0.15) is 5.75 Å². The van der Waals surface area contributed by atoms with E-state index in [2.05, 4.69) is 13.5 Å². The molecule has 10 heteroatoms. The van der Waals surface area contributed by atoms with Crippen molar-refractivity contribution in [1.29, 1.82) is 0 Å². The molecule has 29 heavy (non-hydrogen) atoms. The smallest absolute Gasteiger partial charge is 0.520 e. The van der Waals surface area contributed by atoms with Gasteiger partial charge in [-0.15, -0.1) is 0 Å². The molecule has 160 valence electrons. The maximum absolute atomic E-state index is 11.5. The summed E-state index contributed by atoms with van der Waals surface area (Å²) in [6.45, 7) is 8.19. The number of hydrogen-bond donors (Lipinski definition) is 0. The van der Waals surface area contributed by atoms with Crippen LogP contribution in [0.2, 0.25) is 18.6 Å². The molecule has 0 spiro atoms. The highest BCUT2D eigenvalue weighted by Gasteiger charge is 2.51. The third kappa shape index (κ3) is 6.69. The van der Waals surface area contributed by atoms with Gasteiger partial charge < -0.3 is 22.1 Å². The fourth-order valence-corrected chi connectivity index (χ4v) is 7.92. The van der Waals surface area contributed by atoms with Gasteiger partial charge in [-0.2, -0.15) is 0 Å². The topological polar surface area (TPSA) is 97.4 Å². The average molecular weight is 441 g/mol. The fraction of sp³-hybridized carbons (Fsp3) is 0.526. The molecule has 1 aliphatic heterocycles. The average Bonchev–Trinajstić information content (AvgIpc) is 2.58. The van der Waals surface area contributed by atoms with Crippen molar-refractivity contribution in [2.24, 2.45) is 0 Å². The molecule has 1 aromatic rings. The van der Waals surface area contributed by atoms with Crippen molar-refractivity contribution in [2.75, 3.05) is 0 Å². The van der Waals surface area contributed by atoms with Crippen molar-refractivity contribution >= 4 is 35.3 Å². The van der Waals surface area contributed by atoms with Crippen LogP contribution in [-0.2, 0) is 45.1 Å². The second kappa shape index (κ2) is 9.55. The van der Waals surface area contributed by atoms with Crippen molar-refractivity contribution in [2.45, 2.75) is 65.8 Å². The summed E-state index contributed by atoms with van der Waals surface area (Å²) in [4.78, 5) is 34.6. The van der Waals surface area contributed by atoms with Crippen LogP contribution in [0.1, 0.15) is 45.2 Å². The Morgan fingerprint density at radius 1 is 1.07 bits per heavy atom. The number of hydrogen-bond acceptors (Lipinski definition) is 8. The standard InChI is InChI=1S/C19H28O8Si2/c1-6-10-28(5)23-13-18-12-17(7-8-19(18)27-28)9-11-29(24-14(2)20,25-15(3)21)26-16(4)22/h7-8,12H,6,9-11,13H2,1-5H3. The number of carbonyl (C=O) groups excluding carboxylic acids is 3. The highest BCUT2D eigenvalue weighted by molar-refractivity contribution is 6.67. The molecule has 2 rings (SSSR count). The summed E-state index contributed by atoms with van der Waals surface area (Å²) < 4.78 is 27.8. The molecule has 1 aliphatic rings. The summed E-state index contributed by atoms with van der Waals surface area (Å²) in [6.07, 6.45) is 1.39. The van der Waals surface area contributed by atoms with Gasteiger partial charge in [0, 0.05) is 32.4 Å². The van der Waals surface area contributed by atoms with Crippen LogP contribution in [0.3, 0.4) is 0 Å². The Bertz CT molecular complexity index is 741. The van der Waals surface area contributed by atoms with E-state index < -0.39 is 35.3 Å². The molecule has 0 amide bonds. The van der Waals surface area contributed by atoms with Crippen LogP contribution in [0.15, 0.2) is 18.2 Å². The fourth-order valence-electron chi connectivity index (χ4n) is 3.24. The highest BCUT2D eigenvalue weighted by atomic mass is 28.4. The van der Waals surface area contributed by atoms with Gasteiger partial charge in [-0.25, -0.2) is 0 Å². The van der Waals surface area contributed by atoms with E-state index >= 15 is 0 Å². The lowest BCUT2D eigenvalue weighted by Crippen LogP contribution is -2.49. The first-order valence-electron chi connectivity index (χ1n) is 9.60. The van der Waals surface area contributed by atoms with Gasteiger partial charge in [0.2, 0.25) is 0 Å². The second-order valence-electron chi connectivity index (χ2n) is 7.18. The third-order valence-electron chi connectivity index (χ3n) is 4.31. The molecule has 0 radical (unpaired) electrons. The molecule has 0 bridgehead atoms. The number of benzene rings is 1. The van der Waals surface area contributed by atoms with E-state index in [9.17, 15) is 14.4 Å². The summed E-state index contributed by atoms with van der Waals surface area (Å²) in [7, 11) is -6.02. The second-order valence-corrected chi connectivity index (χ2v) is 12.9. The van der Waals surface area contributed by atoms with E-state index in [1.54, 1.807) is 0 Å². The first kappa shape index (κ1) is 23.1. The predicted molar refractivity (Wildman–Crippen MR) is 108 cm³/mol. The van der Waals surface area contributed by atoms with Crippen LogP contribution in [0.5, 0.6) is 5.75 Å². The summed E-state index contributed by atoms with van der Waals surface area (Å²) in [6, 6.07) is 6.77. The van der Waals surface area contributed by atoms with Crippen LogP contribution < -0.4 is 4.43 Å². The van der Waals surface area contributed by atoms with Gasteiger partial charge in [0.15, 0.2) is 0 Å². The summed E-state index contributed by atoms with van der Waals surface area (Å²) >= 11 is 0. The minimum atomic E-state index is -3.84. The van der Waals surface area contributed by atoms with Crippen LogP contribution >= 0.6 is 0 Å². The molecule has 1 heterocycles. The zero-order valence-corrected chi connectivity index (χ0v) is 19.5. The zero-order chi connectivity index (χ0) is 21.7. The number of rotatable bonds is 8. The van der Waals surface area contributed by atoms with Gasteiger partial charge in [0.05, 0.1) is 12.7 Å². The Labute approximate surface area is 173 Å². The van der Waals surface area contributed by atoms with Crippen molar-refractivity contribution in [3.8, 4) is 5.75 Å². The maximum atomic E-state index is 11.5. The number of fused-ring (bicyclic) bond motifs is 1. The minimum Gasteiger partial charge on any atom is -0.520 e. The van der Waals surface area contributed by atoms with E-state index in [1.807, 2.05) is 18.2 Å². The summed E-state index contributed by atoms with van der Waals surface area (Å²) in [5, 5.41) is 0. The summed E-state index contributed by atoms with van der Waals surface area (Å²) in [5.74, 6) is -1.20. The lowest BCUT2D eigenvalue weighted by atomic mass is 10.1. The van der Waals surface area contributed by atoms with Crippen molar-refractivity contribution in [3.05, 3.63) is 29.3 Å². The molecule has 0 aliphatic carbocycles. The Morgan fingerprint density at radius 2 is 1.66 bits per heavy atom. The molecular weight excluding hydrogens is 412 g/mol. The van der Waals surface area contributed by atoms with Crippen LogP contribution in [0, 0.1) is 0 Å². The number of carbonyl (C=O) groups is 3. The highest BCUT2D eigenvalue weighted by Crippen LogP contribution is 2.33. The monoisotopic (exact) mass is 440 g/mol. The lowest BCUT2D eigenvalue weighted by molar-refractivity contribution is -0.147. The normalized spacial score (nSPS) is 18.2. The predicted octanol–water partition coefficient (Wildman–Crippen LogP) is 3.25. The first-order valence-corrected chi connectivity index (χ1v) is 14.1. The van der Waals surface area contributed by atoms with E-state index in [1.165, 1.54) is 20.8 Å². The van der Waals surface area contributed by atoms with E-state index in [4.69, 9.17) is 22.1 Å². The zero-order valence-electron chi connectivity index (χ0n) is 17.5. The van der Waals surface area contributed by atoms with Crippen LogP contribution in [0.25, 0.3) is 0 Å². The van der Waals surface area contributed by atoms with Gasteiger partial charge in [-0.1, -0.05) is 19.4 Å². The van der Waals surface area contributed by atoms with E-state index in [-0.39, 0.29) is 6.04 Å². The molecule has 0 N–H and O–H groups in total. The molecule has 1 atom stereocenters. The molecule has 0 fully saturated rings. The molecule has 8 nitrogen and oxygen atoms in total. The van der Waals surface area contributed by atoms with Gasteiger partial charge >= 0.3 is 17.4 Å². The minimum absolute atomic E-state index is 0.0918. The van der Waals surface area contributed by atoms with Crippen molar-refractivity contribution in [1.82, 2.24) is 0 Å². The lowest BCUT2D eigenvalue weighted by Gasteiger charge is -2.33. The molecular formula is C19H28O8Si2. The van der Waals surface area contributed by atoms with Gasteiger partial charge in [0.25, 0.3) is 17.9 Å². The van der Waals surface area contributed by atoms with Crippen LogP contribution in [-0.4, -0.2) is 35.3 Å². The van der Waals surface area contributed by atoms with Gasteiger partial charge in [-0.05, 0) is 30.7 Å². The quantitative estimate of drug-likeness (QED) is 0.568. The molecule has 1 aromatic carbocycles. The molecule has 0 aromatic heterocycles. The molecule has 0 saturated carbocycles. The van der Waals surface area contributed by atoms with Gasteiger partial charge in [-0.3, -0.25) is 14.4 Å². The molecule has 0 saturated heterocycles.